The number of amides is 1. The summed E-state index contributed by atoms with van der Waals surface area (Å²) < 4.78 is 38.7. The van der Waals surface area contributed by atoms with Gasteiger partial charge in [-0.15, -0.1) is 0 Å². The number of hydrogen-bond acceptors (Lipinski definition) is 5. The van der Waals surface area contributed by atoms with E-state index in [1.165, 1.54) is 16.4 Å². The van der Waals surface area contributed by atoms with E-state index >= 15 is 0 Å². The first-order valence-corrected chi connectivity index (χ1v) is 10.9. The van der Waals surface area contributed by atoms with Crippen molar-refractivity contribution in [2.45, 2.75) is 43.8 Å². The second-order valence-corrected chi connectivity index (χ2v) is 9.42. The number of hydrogen-bond donors (Lipinski definition) is 1. The van der Waals surface area contributed by atoms with Crippen LogP contribution in [0.15, 0.2) is 29.2 Å². The highest BCUT2D eigenvalue weighted by molar-refractivity contribution is 7.89. The maximum atomic E-state index is 13.0. The summed E-state index contributed by atoms with van der Waals surface area (Å²) in [6.45, 7) is 6.54. The Morgan fingerprint density at radius 3 is 2.52 bits per heavy atom. The summed E-state index contributed by atoms with van der Waals surface area (Å²) in [7, 11) is -3.66. The molecule has 7 nitrogen and oxygen atoms in total. The van der Waals surface area contributed by atoms with Crippen molar-refractivity contribution in [1.82, 2.24) is 9.62 Å². The maximum absolute atomic E-state index is 13.0. The van der Waals surface area contributed by atoms with Gasteiger partial charge in [0, 0.05) is 38.0 Å². The molecule has 2 heterocycles. The summed E-state index contributed by atoms with van der Waals surface area (Å²) >= 11 is 0. The van der Waals surface area contributed by atoms with Gasteiger partial charge in [0.25, 0.3) is 5.91 Å². The van der Waals surface area contributed by atoms with E-state index in [0.717, 1.165) is 6.42 Å². The summed E-state index contributed by atoms with van der Waals surface area (Å²) in [5.41, 5.74) is 0.357. The minimum atomic E-state index is -3.66. The molecule has 2 aliphatic rings. The largest absolute Gasteiger partial charge is 0.352 e. The summed E-state index contributed by atoms with van der Waals surface area (Å²) in [5.74, 6) is -0.380. The number of carbonyl (C=O) groups is 1. The van der Waals surface area contributed by atoms with Crippen LogP contribution in [0.1, 0.15) is 43.5 Å². The van der Waals surface area contributed by atoms with Gasteiger partial charge in [-0.2, -0.15) is 4.31 Å². The molecule has 2 aliphatic heterocycles. The zero-order valence-electron chi connectivity index (χ0n) is 15.9. The molecule has 0 saturated carbocycles. The van der Waals surface area contributed by atoms with Crippen LogP contribution in [-0.2, 0) is 19.5 Å². The third-order valence-electron chi connectivity index (χ3n) is 5.04. The molecule has 2 fully saturated rings. The minimum Gasteiger partial charge on any atom is -0.352 e. The fourth-order valence-corrected chi connectivity index (χ4v) is 4.86. The van der Waals surface area contributed by atoms with E-state index in [9.17, 15) is 13.2 Å². The van der Waals surface area contributed by atoms with Gasteiger partial charge in [0.2, 0.25) is 10.0 Å². The smallest absolute Gasteiger partial charge is 0.251 e. The number of benzene rings is 1. The van der Waals surface area contributed by atoms with Crippen LogP contribution in [0.3, 0.4) is 0 Å². The van der Waals surface area contributed by atoms with Crippen molar-refractivity contribution < 1.29 is 22.7 Å². The molecule has 1 spiro atoms. The molecule has 150 valence electrons. The van der Waals surface area contributed by atoms with Crippen LogP contribution in [0.5, 0.6) is 0 Å². The first-order valence-electron chi connectivity index (χ1n) is 9.49. The van der Waals surface area contributed by atoms with Crippen LogP contribution in [0.25, 0.3) is 0 Å². The van der Waals surface area contributed by atoms with Gasteiger partial charge in [-0.25, -0.2) is 8.42 Å². The van der Waals surface area contributed by atoms with Crippen molar-refractivity contribution in [2.24, 2.45) is 5.92 Å². The molecule has 1 aromatic rings. The Balaban J connectivity index is 1.67. The highest BCUT2D eigenvalue weighted by Gasteiger charge is 2.42. The summed E-state index contributed by atoms with van der Waals surface area (Å²) in [6.07, 6.45) is 1.91. The fourth-order valence-electron chi connectivity index (χ4n) is 3.38. The minimum absolute atomic E-state index is 0.142. The monoisotopic (exact) mass is 396 g/mol. The van der Waals surface area contributed by atoms with Gasteiger partial charge >= 0.3 is 0 Å². The Kier molecular flexibility index (Phi) is 6.20. The predicted molar refractivity (Wildman–Crippen MR) is 101 cm³/mol. The molecule has 3 rings (SSSR count). The molecule has 1 amide bonds. The summed E-state index contributed by atoms with van der Waals surface area (Å²) in [5, 5.41) is 2.84. The maximum Gasteiger partial charge on any atom is 0.251 e. The van der Waals surface area contributed by atoms with Crippen molar-refractivity contribution in [1.29, 1.82) is 0 Å². The Labute approximate surface area is 161 Å². The molecule has 0 atom stereocenters. The van der Waals surface area contributed by atoms with E-state index in [1.54, 1.807) is 12.1 Å². The lowest BCUT2D eigenvalue weighted by Gasteiger charge is -2.36. The first kappa shape index (κ1) is 20.3. The van der Waals surface area contributed by atoms with E-state index in [4.69, 9.17) is 9.47 Å². The topological polar surface area (TPSA) is 84.9 Å². The molecule has 0 aromatic heterocycles. The van der Waals surface area contributed by atoms with Crippen LogP contribution in [0.4, 0.5) is 0 Å². The number of rotatable bonds is 6. The Bertz CT molecular complexity index is 762. The van der Waals surface area contributed by atoms with Crippen molar-refractivity contribution in [3.05, 3.63) is 29.8 Å². The lowest BCUT2D eigenvalue weighted by atomic mass is 10.1. The van der Waals surface area contributed by atoms with Crippen molar-refractivity contribution in [3.63, 3.8) is 0 Å². The van der Waals surface area contributed by atoms with Gasteiger partial charge in [0.05, 0.1) is 18.1 Å². The molecule has 1 N–H and O–H groups in total. The first-order chi connectivity index (χ1) is 12.8. The van der Waals surface area contributed by atoms with Gasteiger partial charge in [0.1, 0.15) is 0 Å². The van der Waals surface area contributed by atoms with Gasteiger partial charge in [-0.05, 0) is 30.5 Å². The number of ether oxygens (including phenoxy) is 2. The predicted octanol–water partition coefficient (Wildman–Crippen LogP) is 1.99. The van der Waals surface area contributed by atoms with Gasteiger partial charge in [-0.1, -0.05) is 19.9 Å². The molecule has 1 aromatic carbocycles. The highest BCUT2D eigenvalue weighted by Crippen LogP contribution is 2.33. The lowest BCUT2D eigenvalue weighted by molar-refractivity contribution is -0.179. The van der Waals surface area contributed by atoms with Gasteiger partial charge < -0.3 is 14.8 Å². The molecule has 0 aliphatic carbocycles. The Hall–Kier alpha value is -1.48. The van der Waals surface area contributed by atoms with E-state index in [0.29, 0.717) is 57.2 Å². The molecule has 0 unspecified atom stereocenters. The van der Waals surface area contributed by atoms with Gasteiger partial charge in [-0.3, -0.25) is 4.79 Å². The van der Waals surface area contributed by atoms with E-state index < -0.39 is 15.8 Å². The normalized spacial score (nSPS) is 20.3. The zero-order chi connectivity index (χ0) is 19.5. The lowest BCUT2D eigenvalue weighted by Crippen LogP contribution is -2.47. The molecule has 27 heavy (non-hydrogen) atoms. The van der Waals surface area contributed by atoms with Crippen LogP contribution in [0.2, 0.25) is 0 Å². The summed E-state index contributed by atoms with van der Waals surface area (Å²) in [4.78, 5) is 12.4. The van der Waals surface area contributed by atoms with E-state index in [2.05, 4.69) is 19.2 Å². The third kappa shape index (κ3) is 4.68. The second-order valence-electron chi connectivity index (χ2n) is 7.48. The molecular weight excluding hydrogens is 368 g/mol. The van der Waals surface area contributed by atoms with Crippen molar-refractivity contribution in [3.8, 4) is 0 Å². The number of piperidine rings is 1. The molecular formula is C19H28N2O5S. The van der Waals surface area contributed by atoms with Crippen LogP contribution < -0.4 is 5.32 Å². The number of nitrogens with zero attached hydrogens (tertiary/aromatic N) is 1. The van der Waals surface area contributed by atoms with Crippen molar-refractivity contribution >= 4 is 15.9 Å². The second kappa shape index (κ2) is 8.26. The molecule has 2 saturated heterocycles. The fraction of sp³-hybridized carbons (Fsp3) is 0.632. The van der Waals surface area contributed by atoms with E-state index in [1.807, 2.05) is 0 Å². The van der Waals surface area contributed by atoms with Crippen molar-refractivity contribution in [2.75, 3.05) is 32.8 Å². The average Bonchev–Trinajstić information content (AvgIpc) is 3.09. The molecule has 0 radical (unpaired) electrons. The Morgan fingerprint density at radius 2 is 1.89 bits per heavy atom. The number of carbonyl (C=O) groups excluding carboxylic acids is 1. The highest BCUT2D eigenvalue weighted by atomic mass is 32.2. The number of nitrogens with one attached hydrogen (secondary N) is 1. The Morgan fingerprint density at radius 1 is 1.22 bits per heavy atom. The van der Waals surface area contributed by atoms with E-state index in [-0.39, 0.29) is 10.8 Å². The molecule has 0 bridgehead atoms. The standard InChI is InChI=1S/C19H28N2O5S/c1-15(2)6-9-20-18(22)16-4-3-5-17(14-16)27(23,24)21-10-7-19(8-11-21)25-12-13-26-19/h3-5,14-15H,6-13H2,1-2H3,(H,20,22). The van der Waals surface area contributed by atoms with Gasteiger partial charge in [0.15, 0.2) is 5.79 Å². The summed E-state index contributed by atoms with van der Waals surface area (Å²) in [6, 6.07) is 6.23. The SMILES string of the molecule is CC(C)CCNC(=O)c1cccc(S(=O)(=O)N2CCC3(CC2)OCCO3)c1. The molecule has 8 heteroatoms. The quantitative estimate of drug-likeness (QED) is 0.795. The average molecular weight is 397 g/mol. The van der Waals surface area contributed by atoms with Crippen LogP contribution in [-0.4, -0.2) is 57.3 Å². The third-order valence-corrected chi connectivity index (χ3v) is 6.93. The van der Waals surface area contributed by atoms with Crippen LogP contribution >= 0.6 is 0 Å². The number of sulfonamides is 1. The van der Waals surface area contributed by atoms with Crippen LogP contribution in [0, 0.1) is 5.92 Å². The zero-order valence-corrected chi connectivity index (χ0v) is 16.8.